The average molecular weight is 349 g/mol. The van der Waals surface area contributed by atoms with Crippen LogP contribution in [0.5, 0.6) is 0 Å². The van der Waals surface area contributed by atoms with Gasteiger partial charge in [0.1, 0.15) is 11.3 Å². The number of carboxylic acid groups (broad SMARTS) is 1. The number of unbranched alkanes of at least 4 members (excludes halogenated alkanes) is 2. The number of nitrogens with zero attached hydrogens (tertiary/aromatic N) is 1. The van der Waals surface area contributed by atoms with Crippen LogP contribution in [0.15, 0.2) is 24.4 Å². The van der Waals surface area contributed by atoms with Crippen LogP contribution in [0, 0.1) is 5.92 Å². The van der Waals surface area contributed by atoms with E-state index < -0.39 is 23.5 Å². The van der Waals surface area contributed by atoms with Crippen molar-refractivity contribution in [2.75, 3.05) is 0 Å². The van der Waals surface area contributed by atoms with E-state index in [9.17, 15) is 19.5 Å². The fourth-order valence-corrected chi connectivity index (χ4v) is 2.41. The van der Waals surface area contributed by atoms with Crippen molar-refractivity contribution in [2.45, 2.75) is 64.9 Å². The van der Waals surface area contributed by atoms with Crippen molar-refractivity contribution in [1.29, 1.82) is 0 Å². The number of aliphatic carboxylic acids is 1. The fraction of sp³-hybridized carbons (Fsp3) is 0.579. The smallest absolute Gasteiger partial charge is 0.307 e. The van der Waals surface area contributed by atoms with Gasteiger partial charge in [-0.3, -0.25) is 19.4 Å². The van der Waals surface area contributed by atoms with Crippen LogP contribution in [0.1, 0.15) is 69.8 Å². The summed E-state index contributed by atoms with van der Waals surface area (Å²) in [5, 5.41) is 9.24. The van der Waals surface area contributed by atoms with Gasteiger partial charge in [0, 0.05) is 12.6 Å². The van der Waals surface area contributed by atoms with Crippen molar-refractivity contribution in [3.63, 3.8) is 0 Å². The number of rotatable bonds is 10. The number of carbonyl (C=O) groups is 3. The average Bonchev–Trinajstić information content (AvgIpc) is 2.52. The molecule has 1 atom stereocenters. The highest BCUT2D eigenvalue weighted by Crippen LogP contribution is 2.18. The summed E-state index contributed by atoms with van der Waals surface area (Å²) in [7, 11) is 0. The maximum Gasteiger partial charge on any atom is 0.307 e. The van der Waals surface area contributed by atoms with Gasteiger partial charge in [0.25, 0.3) is 0 Å². The molecule has 138 valence electrons. The molecule has 1 aromatic heterocycles. The van der Waals surface area contributed by atoms with Crippen molar-refractivity contribution in [3.8, 4) is 0 Å². The Hall–Kier alpha value is -2.24. The van der Waals surface area contributed by atoms with E-state index in [0.29, 0.717) is 31.4 Å². The van der Waals surface area contributed by atoms with Crippen LogP contribution in [0.4, 0.5) is 0 Å². The number of ether oxygens (including phenoxy) is 1. The van der Waals surface area contributed by atoms with Crippen LogP contribution in [0.2, 0.25) is 0 Å². The van der Waals surface area contributed by atoms with Gasteiger partial charge in [-0.15, -0.1) is 0 Å². The predicted molar refractivity (Wildman–Crippen MR) is 93.2 cm³/mol. The van der Waals surface area contributed by atoms with Crippen LogP contribution in [0.25, 0.3) is 0 Å². The first-order valence-electron chi connectivity index (χ1n) is 8.58. The van der Waals surface area contributed by atoms with Crippen molar-refractivity contribution < 1.29 is 24.2 Å². The molecule has 1 N–H and O–H groups in total. The summed E-state index contributed by atoms with van der Waals surface area (Å²) in [4.78, 5) is 39.0. The van der Waals surface area contributed by atoms with E-state index >= 15 is 0 Å². The first-order chi connectivity index (χ1) is 11.7. The second kappa shape index (κ2) is 9.91. The zero-order valence-corrected chi connectivity index (χ0v) is 15.2. The molecule has 0 saturated heterocycles. The lowest BCUT2D eigenvalue weighted by Crippen LogP contribution is -2.27. The van der Waals surface area contributed by atoms with Crippen LogP contribution in [-0.2, 0) is 14.3 Å². The molecule has 0 aliphatic rings. The minimum absolute atomic E-state index is 0.0101. The van der Waals surface area contributed by atoms with E-state index in [4.69, 9.17) is 4.74 Å². The lowest BCUT2D eigenvalue weighted by atomic mass is 9.97. The zero-order valence-electron chi connectivity index (χ0n) is 15.2. The van der Waals surface area contributed by atoms with E-state index in [1.54, 1.807) is 45.2 Å². The van der Waals surface area contributed by atoms with E-state index in [-0.39, 0.29) is 12.2 Å². The molecule has 0 spiro atoms. The molecule has 1 unspecified atom stereocenters. The molecular weight excluding hydrogens is 322 g/mol. The second-order valence-corrected chi connectivity index (χ2v) is 7.06. The van der Waals surface area contributed by atoms with Crippen molar-refractivity contribution in [1.82, 2.24) is 4.98 Å². The molecule has 0 radical (unpaired) electrons. The molecule has 0 fully saturated rings. The van der Waals surface area contributed by atoms with Gasteiger partial charge in [-0.25, -0.2) is 0 Å². The predicted octanol–water partition coefficient (Wildman–Crippen LogP) is 3.65. The number of pyridine rings is 1. The third-order valence-electron chi connectivity index (χ3n) is 3.59. The number of hydrogen-bond acceptors (Lipinski definition) is 5. The van der Waals surface area contributed by atoms with Crippen molar-refractivity contribution in [2.24, 2.45) is 5.92 Å². The lowest BCUT2D eigenvalue weighted by molar-refractivity contribution is -0.160. The number of carboxylic acids is 1. The topological polar surface area (TPSA) is 93.6 Å². The Morgan fingerprint density at radius 3 is 2.44 bits per heavy atom. The highest BCUT2D eigenvalue weighted by molar-refractivity contribution is 5.94. The Labute approximate surface area is 148 Å². The Morgan fingerprint density at radius 2 is 1.88 bits per heavy atom. The standard InChI is InChI=1S/C19H27NO5/c1-19(2,3)25-17(22)13-14(18(23)24)9-5-4-6-11-16(21)15-10-7-8-12-20-15/h7-8,10,12,14H,4-6,9,11,13H2,1-3H3,(H,23,24). The van der Waals surface area contributed by atoms with Gasteiger partial charge < -0.3 is 9.84 Å². The minimum atomic E-state index is -0.990. The van der Waals surface area contributed by atoms with Gasteiger partial charge in [0.15, 0.2) is 5.78 Å². The molecule has 0 aliphatic carbocycles. The quantitative estimate of drug-likeness (QED) is 0.394. The highest BCUT2D eigenvalue weighted by atomic mass is 16.6. The second-order valence-electron chi connectivity index (χ2n) is 7.06. The lowest BCUT2D eigenvalue weighted by Gasteiger charge is -2.21. The van der Waals surface area contributed by atoms with E-state index in [2.05, 4.69) is 4.98 Å². The van der Waals surface area contributed by atoms with Crippen LogP contribution in [0.3, 0.4) is 0 Å². The van der Waals surface area contributed by atoms with Gasteiger partial charge >= 0.3 is 11.9 Å². The zero-order chi connectivity index (χ0) is 18.9. The number of esters is 1. The Bertz CT molecular complexity index is 577. The maximum absolute atomic E-state index is 11.9. The SMILES string of the molecule is CC(C)(C)OC(=O)CC(CCCCCC(=O)c1ccccn1)C(=O)O. The third kappa shape index (κ3) is 8.98. The first-order valence-corrected chi connectivity index (χ1v) is 8.58. The Balaban J connectivity index is 2.30. The monoisotopic (exact) mass is 349 g/mol. The number of Topliss-reactive ketones (excluding diaryl/α,β-unsaturated/α-hetero) is 1. The van der Waals surface area contributed by atoms with Gasteiger partial charge in [0.2, 0.25) is 0 Å². The van der Waals surface area contributed by atoms with Gasteiger partial charge in [-0.2, -0.15) is 0 Å². The largest absolute Gasteiger partial charge is 0.481 e. The molecule has 1 aromatic rings. The van der Waals surface area contributed by atoms with E-state index in [1.807, 2.05) is 0 Å². The molecule has 6 nitrogen and oxygen atoms in total. The summed E-state index contributed by atoms with van der Waals surface area (Å²) >= 11 is 0. The Kier molecular flexibility index (Phi) is 8.25. The summed E-state index contributed by atoms with van der Waals surface area (Å²) in [6, 6.07) is 5.21. The number of hydrogen-bond donors (Lipinski definition) is 1. The summed E-state index contributed by atoms with van der Waals surface area (Å²) in [5.41, 5.74) is -0.165. The van der Waals surface area contributed by atoms with Gasteiger partial charge in [0.05, 0.1) is 12.3 Å². The van der Waals surface area contributed by atoms with Crippen molar-refractivity contribution in [3.05, 3.63) is 30.1 Å². The molecule has 25 heavy (non-hydrogen) atoms. The van der Waals surface area contributed by atoms with E-state index in [1.165, 1.54) is 0 Å². The summed E-state index contributed by atoms with van der Waals surface area (Å²) in [5.74, 6) is -2.24. The van der Waals surface area contributed by atoms with Gasteiger partial charge in [-0.1, -0.05) is 18.9 Å². The molecule has 0 saturated carbocycles. The number of aromatic nitrogens is 1. The van der Waals surface area contributed by atoms with Crippen molar-refractivity contribution >= 4 is 17.7 Å². The van der Waals surface area contributed by atoms with Crippen LogP contribution >= 0.6 is 0 Å². The first kappa shape index (κ1) is 20.8. The molecular formula is C19H27NO5. The minimum Gasteiger partial charge on any atom is -0.481 e. The van der Waals surface area contributed by atoms with E-state index in [0.717, 1.165) is 6.42 Å². The molecule has 1 rings (SSSR count). The molecule has 0 aromatic carbocycles. The van der Waals surface area contributed by atoms with Crippen LogP contribution in [-0.4, -0.2) is 33.4 Å². The molecule has 1 heterocycles. The highest BCUT2D eigenvalue weighted by Gasteiger charge is 2.24. The fourth-order valence-electron chi connectivity index (χ4n) is 2.41. The maximum atomic E-state index is 11.9. The summed E-state index contributed by atoms with van der Waals surface area (Å²) < 4.78 is 5.17. The molecule has 0 aliphatic heterocycles. The molecule has 0 amide bonds. The van der Waals surface area contributed by atoms with Crippen LogP contribution < -0.4 is 0 Å². The third-order valence-corrected chi connectivity index (χ3v) is 3.59. The summed E-state index contributed by atoms with van der Waals surface area (Å²) in [6.07, 6.45) is 4.30. The van der Waals surface area contributed by atoms with Gasteiger partial charge in [-0.05, 0) is 45.7 Å². The normalized spacial score (nSPS) is 12.4. The Morgan fingerprint density at radius 1 is 1.16 bits per heavy atom. The number of ketones is 1. The number of carbonyl (C=O) groups excluding carboxylic acids is 2. The molecule has 0 bridgehead atoms. The molecule has 6 heteroatoms. The summed E-state index contributed by atoms with van der Waals surface area (Å²) in [6.45, 7) is 5.25.